The number of amides is 1. The van der Waals surface area contributed by atoms with E-state index in [0.717, 1.165) is 32.4 Å². The van der Waals surface area contributed by atoms with Crippen molar-refractivity contribution >= 4 is 39.5 Å². The lowest BCUT2D eigenvalue weighted by molar-refractivity contribution is -0.121. The van der Waals surface area contributed by atoms with E-state index in [1.54, 1.807) is 0 Å². The van der Waals surface area contributed by atoms with Gasteiger partial charge in [0.2, 0.25) is 5.91 Å². The summed E-state index contributed by atoms with van der Waals surface area (Å²) in [5.41, 5.74) is 10.5. The minimum Gasteiger partial charge on any atom is -0.369 e. The van der Waals surface area contributed by atoms with Gasteiger partial charge < -0.3 is 10.3 Å². The van der Waals surface area contributed by atoms with E-state index in [1.165, 1.54) is 5.56 Å². The van der Waals surface area contributed by atoms with E-state index in [2.05, 4.69) is 51.6 Å². The van der Waals surface area contributed by atoms with Crippen LogP contribution >= 0.6 is 22.6 Å². The van der Waals surface area contributed by atoms with Gasteiger partial charge in [0.25, 0.3) is 0 Å². The Morgan fingerprint density at radius 2 is 1.92 bits per heavy atom. The molecule has 0 bridgehead atoms. The van der Waals surface area contributed by atoms with E-state index in [4.69, 9.17) is 10.7 Å². The Morgan fingerprint density at radius 3 is 2.50 bits per heavy atom. The standard InChI is InChI=1S/C21H24IN3O/c1-13-10-16-19(24-18(13)17(20(23)26)21(2,3)4)15(22)12-25(16)11-14-8-6-5-7-9-14/h5-10,12,17H,11H2,1-4H3,(H2,23,26). The lowest BCUT2D eigenvalue weighted by Crippen LogP contribution is -2.33. The maximum atomic E-state index is 12.1. The normalized spacial score (nSPS) is 13.1. The van der Waals surface area contributed by atoms with E-state index in [-0.39, 0.29) is 11.3 Å². The second-order valence-corrected chi connectivity index (χ2v) is 9.01. The van der Waals surface area contributed by atoms with Crippen LogP contribution in [0.4, 0.5) is 0 Å². The van der Waals surface area contributed by atoms with Gasteiger partial charge >= 0.3 is 0 Å². The van der Waals surface area contributed by atoms with Crippen molar-refractivity contribution in [2.45, 2.75) is 40.2 Å². The Bertz CT molecular complexity index is 955. The molecule has 3 aromatic rings. The molecule has 0 fully saturated rings. The number of carbonyl (C=O) groups excluding carboxylic acids is 1. The molecule has 136 valence electrons. The molecular formula is C21H24IN3O. The van der Waals surface area contributed by atoms with Crippen molar-refractivity contribution in [1.29, 1.82) is 0 Å². The van der Waals surface area contributed by atoms with Gasteiger partial charge in [0.1, 0.15) is 5.52 Å². The Kier molecular flexibility index (Phi) is 5.10. The molecule has 0 spiro atoms. The number of nitrogens with two attached hydrogens (primary N) is 1. The Morgan fingerprint density at radius 1 is 1.27 bits per heavy atom. The Balaban J connectivity index is 2.13. The van der Waals surface area contributed by atoms with Crippen LogP contribution < -0.4 is 5.73 Å². The van der Waals surface area contributed by atoms with Crippen LogP contribution in [0.25, 0.3) is 11.0 Å². The molecule has 3 rings (SSSR count). The van der Waals surface area contributed by atoms with Crippen molar-refractivity contribution in [3.63, 3.8) is 0 Å². The predicted octanol–water partition coefficient (Wildman–Crippen LogP) is 4.61. The van der Waals surface area contributed by atoms with Crippen molar-refractivity contribution in [2.24, 2.45) is 11.1 Å². The van der Waals surface area contributed by atoms with Crippen LogP contribution in [0.15, 0.2) is 42.6 Å². The fourth-order valence-electron chi connectivity index (χ4n) is 3.45. The molecule has 0 radical (unpaired) electrons. The molecule has 2 N–H and O–H groups in total. The molecule has 1 aromatic carbocycles. The van der Waals surface area contributed by atoms with Crippen molar-refractivity contribution in [2.75, 3.05) is 0 Å². The Hall–Kier alpha value is -1.89. The molecule has 0 saturated heterocycles. The van der Waals surface area contributed by atoms with Gasteiger partial charge in [-0.3, -0.25) is 4.79 Å². The highest BCUT2D eigenvalue weighted by molar-refractivity contribution is 14.1. The largest absolute Gasteiger partial charge is 0.369 e. The predicted molar refractivity (Wildman–Crippen MR) is 114 cm³/mol. The number of pyridine rings is 1. The summed E-state index contributed by atoms with van der Waals surface area (Å²) in [6.45, 7) is 8.88. The first kappa shape index (κ1) is 18.9. The highest BCUT2D eigenvalue weighted by Gasteiger charge is 2.34. The molecule has 1 amide bonds. The third-order valence-electron chi connectivity index (χ3n) is 4.66. The molecule has 1 atom stereocenters. The lowest BCUT2D eigenvalue weighted by Gasteiger charge is -2.28. The van der Waals surface area contributed by atoms with Crippen molar-refractivity contribution in [3.8, 4) is 0 Å². The van der Waals surface area contributed by atoms with Crippen molar-refractivity contribution in [3.05, 3.63) is 63.0 Å². The molecule has 1 unspecified atom stereocenters. The number of carbonyl (C=O) groups is 1. The number of benzene rings is 1. The summed E-state index contributed by atoms with van der Waals surface area (Å²) in [5, 5.41) is 0. The zero-order valence-electron chi connectivity index (χ0n) is 15.6. The molecule has 2 heterocycles. The average molecular weight is 461 g/mol. The molecule has 0 aliphatic carbocycles. The van der Waals surface area contributed by atoms with Gasteiger partial charge in [0, 0.05) is 12.7 Å². The summed E-state index contributed by atoms with van der Waals surface area (Å²) < 4.78 is 3.29. The molecule has 2 aromatic heterocycles. The number of nitrogens with zero attached hydrogens (tertiary/aromatic N) is 2. The van der Waals surface area contributed by atoms with Gasteiger partial charge in [0.15, 0.2) is 0 Å². The van der Waals surface area contributed by atoms with Gasteiger partial charge in [-0.05, 0) is 52.1 Å². The van der Waals surface area contributed by atoms with Crippen molar-refractivity contribution in [1.82, 2.24) is 9.55 Å². The van der Waals surface area contributed by atoms with Gasteiger partial charge in [-0.1, -0.05) is 51.1 Å². The van der Waals surface area contributed by atoms with Crippen LogP contribution in [0.2, 0.25) is 0 Å². The van der Waals surface area contributed by atoms with E-state index in [0.29, 0.717) is 0 Å². The van der Waals surface area contributed by atoms with Crippen molar-refractivity contribution < 1.29 is 4.79 Å². The quantitative estimate of drug-likeness (QED) is 0.577. The Labute approximate surface area is 167 Å². The molecule has 5 heteroatoms. The summed E-state index contributed by atoms with van der Waals surface area (Å²) in [7, 11) is 0. The monoisotopic (exact) mass is 461 g/mol. The van der Waals surface area contributed by atoms with E-state index >= 15 is 0 Å². The SMILES string of the molecule is Cc1cc2c(nc1C(C(N)=O)C(C)(C)C)c(I)cn2Cc1ccccc1. The molecule has 0 saturated carbocycles. The first-order valence-corrected chi connectivity index (χ1v) is 9.75. The number of halogens is 1. The first-order valence-electron chi connectivity index (χ1n) is 8.67. The van der Waals surface area contributed by atoms with E-state index < -0.39 is 5.92 Å². The van der Waals surface area contributed by atoms with Crippen LogP contribution in [0.1, 0.15) is 43.5 Å². The molecule has 0 aliphatic rings. The maximum Gasteiger partial charge on any atom is 0.227 e. The number of hydrogen-bond acceptors (Lipinski definition) is 2. The highest BCUT2D eigenvalue weighted by Crippen LogP contribution is 2.37. The molecule has 26 heavy (non-hydrogen) atoms. The minimum absolute atomic E-state index is 0.282. The fraction of sp³-hybridized carbons (Fsp3) is 0.333. The maximum absolute atomic E-state index is 12.1. The number of aromatic nitrogens is 2. The van der Waals surface area contributed by atoms with Gasteiger partial charge in [-0.25, -0.2) is 4.98 Å². The molecule has 0 aliphatic heterocycles. The van der Waals surface area contributed by atoms with Gasteiger partial charge in [-0.2, -0.15) is 0 Å². The zero-order chi connectivity index (χ0) is 19.1. The number of primary amides is 1. The van der Waals surface area contributed by atoms with Gasteiger partial charge in [0.05, 0.1) is 20.7 Å². The number of aryl methyl sites for hydroxylation is 1. The van der Waals surface area contributed by atoms with E-state index in [9.17, 15) is 4.79 Å². The molecular weight excluding hydrogens is 437 g/mol. The van der Waals surface area contributed by atoms with Crippen LogP contribution in [-0.2, 0) is 11.3 Å². The third kappa shape index (κ3) is 3.63. The van der Waals surface area contributed by atoms with E-state index in [1.807, 2.05) is 45.9 Å². The lowest BCUT2D eigenvalue weighted by atomic mass is 9.77. The van der Waals surface area contributed by atoms with Crippen LogP contribution in [0.5, 0.6) is 0 Å². The van der Waals surface area contributed by atoms with Crippen LogP contribution in [0, 0.1) is 15.9 Å². The van der Waals surface area contributed by atoms with Crippen LogP contribution in [0.3, 0.4) is 0 Å². The van der Waals surface area contributed by atoms with Gasteiger partial charge in [-0.15, -0.1) is 0 Å². The zero-order valence-corrected chi connectivity index (χ0v) is 17.7. The third-order valence-corrected chi connectivity index (χ3v) is 5.45. The first-order chi connectivity index (χ1) is 12.2. The summed E-state index contributed by atoms with van der Waals surface area (Å²) in [4.78, 5) is 17.0. The second-order valence-electron chi connectivity index (χ2n) is 7.85. The smallest absolute Gasteiger partial charge is 0.227 e. The average Bonchev–Trinajstić information content (AvgIpc) is 2.82. The number of hydrogen-bond donors (Lipinski definition) is 1. The summed E-state index contributed by atoms with van der Waals surface area (Å²) >= 11 is 2.31. The summed E-state index contributed by atoms with van der Waals surface area (Å²) in [6.07, 6.45) is 2.12. The topological polar surface area (TPSA) is 60.9 Å². The summed E-state index contributed by atoms with van der Waals surface area (Å²) in [6, 6.07) is 12.5. The molecule has 4 nitrogen and oxygen atoms in total. The fourth-order valence-corrected chi connectivity index (χ4v) is 4.18. The second kappa shape index (κ2) is 7.02. The minimum atomic E-state index is -0.417. The number of rotatable bonds is 4. The highest BCUT2D eigenvalue weighted by atomic mass is 127. The summed E-state index contributed by atoms with van der Waals surface area (Å²) in [5.74, 6) is -0.744. The number of fused-ring (bicyclic) bond motifs is 1. The van der Waals surface area contributed by atoms with Crippen LogP contribution in [-0.4, -0.2) is 15.5 Å².